The molecule has 228 valence electrons. The average Bonchev–Trinajstić information content (AvgIpc) is 3.35. The Morgan fingerprint density at radius 1 is 0.953 bits per heavy atom. The summed E-state index contributed by atoms with van der Waals surface area (Å²) in [6, 6.07) is 15.5. The normalized spacial score (nSPS) is 16.3. The lowest BCUT2D eigenvalue weighted by Crippen LogP contribution is -2.39. The van der Waals surface area contributed by atoms with Crippen molar-refractivity contribution in [3.05, 3.63) is 81.7 Å². The van der Waals surface area contributed by atoms with Gasteiger partial charge >= 0.3 is 6.03 Å². The summed E-state index contributed by atoms with van der Waals surface area (Å²) in [6.07, 6.45) is 2.24. The minimum absolute atomic E-state index is 0.144. The molecule has 0 saturated carbocycles. The van der Waals surface area contributed by atoms with Crippen molar-refractivity contribution in [3.8, 4) is 0 Å². The van der Waals surface area contributed by atoms with Crippen molar-refractivity contribution in [3.63, 3.8) is 0 Å². The molecule has 1 fully saturated rings. The number of urea groups is 1. The first-order valence-corrected chi connectivity index (χ1v) is 16.6. The molecule has 43 heavy (non-hydrogen) atoms. The summed E-state index contributed by atoms with van der Waals surface area (Å²) in [5, 5.41) is 5.65. The van der Waals surface area contributed by atoms with Crippen LogP contribution in [0.2, 0.25) is 0 Å². The number of nitrogens with one attached hydrogen (secondary N) is 2. The highest BCUT2D eigenvalue weighted by Crippen LogP contribution is 2.38. The van der Waals surface area contributed by atoms with Gasteiger partial charge in [0, 0.05) is 57.3 Å². The highest BCUT2D eigenvalue weighted by atomic mass is 32.2. The molecule has 4 amide bonds. The molecule has 0 aliphatic carbocycles. The van der Waals surface area contributed by atoms with E-state index in [-0.39, 0.29) is 10.5 Å². The van der Waals surface area contributed by atoms with Crippen molar-refractivity contribution >= 4 is 44.2 Å². The maximum absolute atomic E-state index is 13.4. The van der Waals surface area contributed by atoms with Crippen LogP contribution in [-0.4, -0.2) is 74.1 Å². The van der Waals surface area contributed by atoms with E-state index in [4.69, 9.17) is 0 Å². The number of anilines is 1. The fourth-order valence-corrected chi connectivity index (χ4v) is 8.11. The summed E-state index contributed by atoms with van der Waals surface area (Å²) in [5.74, 6) is -0.538. The van der Waals surface area contributed by atoms with Gasteiger partial charge in [0.15, 0.2) is 0 Å². The molecular weight excluding hydrogens is 587 g/mol. The van der Waals surface area contributed by atoms with Crippen molar-refractivity contribution in [2.75, 3.05) is 39.0 Å². The van der Waals surface area contributed by atoms with E-state index in [1.54, 1.807) is 14.1 Å². The number of imide groups is 1. The third kappa shape index (κ3) is 6.98. The standard InChI is InChI=1S/C31H37N5O5S2/c1-21-13-17-36(18-14-21)43(40,41)24-11-9-23(10-12-24)28(37)32-30-27(29(38)33-31(39)34(2)3)25-15-16-35(20-26(25)42-30)19-22-7-5-4-6-8-22/h4-12,21H,13-20H2,1-3H3,(H,32,37)(H,33,38,39). The zero-order valence-electron chi connectivity index (χ0n) is 24.6. The van der Waals surface area contributed by atoms with E-state index in [1.165, 1.54) is 50.4 Å². The predicted octanol–water partition coefficient (Wildman–Crippen LogP) is 4.39. The summed E-state index contributed by atoms with van der Waals surface area (Å²) < 4.78 is 27.7. The molecule has 0 spiro atoms. The van der Waals surface area contributed by atoms with Gasteiger partial charge in [0.2, 0.25) is 10.0 Å². The molecule has 10 nitrogen and oxygen atoms in total. The first kappa shape index (κ1) is 30.9. The van der Waals surface area contributed by atoms with Gasteiger partial charge in [-0.15, -0.1) is 11.3 Å². The maximum Gasteiger partial charge on any atom is 0.323 e. The number of hydrogen-bond acceptors (Lipinski definition) is 7. The molecule has 0 radical (unpaired) electrons. The first-order valence-electron chi connectivity index (χ1n) is 14.4. The van der Waals surface area contributed by atoms with Crippen LogP contribution in [0.15, 0.2) is 59.5 Å². The number of piperidine rings is 1. The second-order valence-corrected chi connectivity index (χ2v) is 14.4. The first-order chi connectivity index (χ1) is 20.5. The van der Waals surface area contributed by atoms with Crippen molar-refractivity contribution in [1.82, 2.24) is 19.4 Å². The fraction of sp³-hybridized carbons (Fsp3) is 0.387. The van der Waals surface area contributed by atoms with Crippen molar-refractivity contribution in [2.45, 2.75) is 44.2 Å². The molecule has 2 aromatic carbocycles. The van der Waals surface area contributed by atoms with Crippen LogP contribution in [-0.2, 0) is 29.5 Å². The SMILES string of the molecule is CC1CCN(S(=O)(=O)c2ccc(C(=O)Nc3sc4c(c3C(=O)NC(=O)N(C)C)CCN(Cc3ccccc3)C4)cc2)CC1. The van der Waals surface area contributed by atoms with Crippen LogP contribution in [0.3, 0.4) is 0 Å². The Hall–Kier alpha value is -3.58. The van der Waals surface area contributed by atoms with Crippen LogP contribution in [0.25, 0.3) is 0 Å². The molecule has 1 aromatic heterocycles. The van der Waals surface area contributed by atoms with Crippen molar-refractivity contribution < 1.29 is 22.8 Å². The van der Waals surface area contributed by atoms with Gasteiger partial charge in [0.1, 0.15) is 5.00 Å². The van der Waals surface area contributed by atoms with Crippen molar-refractivity contribution in [1.29, 1.82) is 0 Å². The van der Waals surface area contributed by atoms with Crippen LogP contribution in [0.1, 0.15) is 56.5 Å². The Kier molecular flexibility index (Phi) is 9.30. The number of benzene rings is 2. The molecule has 2 N–H and O–H groups in total. The van der Waals surface area contributed by atoms with Crippen molar-refractivity contribution in [2.24, 2.45) is 5.92 Å². The molecule has 0 atom stereocenters. The number of carbonyl (C=O) groups is 3. The number of hydrogen-bond donors (Lipinski definition) is 2. The molecule has 2 aliphatic heterocycles. The van der Waals surface area contributed by atoms with E-state index < -0.39 is 27.9 Å². The van der Waals surface area contributed by atoms with E-state index in [2.05, 4.69) is 34.6 Å². The highest BCUT2D eigenvalue weighted by Gasteiger charge is 2.31. The maximum atomic E-state index is 13.4. The topological polar surface area (TPSA) is 119 Å². The number of sulfonamides is 1. The van der Waals surface area contributed by atoms with E-state index in [9.17, 15) is 22.8 Å². The van der Waals surface area contributed by atoms with Gasteiger partial charge in [-0.25, -0.2) is 13.2 Å². The van der Waals surface area contributed by atoms with Gasteiger partial charge in [-0.1, -0.05) is 37.3 Å². The second kappa shape index (κ2) is 13.0. The van der Waals surface area contributed by atoms with Crippen LogP contribution in [0.5, 0.6) is 0 Å². The third-order valence-corrected chi connectivity index (χ3v) is 11.0. The van der Waals surface area contributed by atoms with Crippen LogP contribution in [0.4, 0.5) is 9.80 Å². The molecule has 5 rings (SSSR count). The third-order valence-electron chi connectivity index (χ3n) is 7.96. The van der Waals surface area contributed by atoms with Gasteiger partial charge in [-0.05, 0) is 60.6 Å². The summed E-state index contributed by atoms with van der Waals surface area (Å²) >= 11 is 1.33. The Morgan fingerprint density at radius 2 is 1.63 bits per heavy atom. The van der Waals surface area contributed by atoms with E-state index >= 15 is 0 Å². The van der Waals surface area contributed by atoms with E-state index in [1.807, 2.05) is 18.2 Å². The highest BCUT2D eigenvalue weighted by molar-refractivity contribution is 7.89. The fourth-order valence-electron chi connectivity index (χ4n) is 5.36. The lowest BCUT2D eigenvalue weighted by molar-refractivity contribution is 0.0956. The number of rotatable bonds is 7. The monoisotopic (exact) mass is 623 g/mol. The lowest BCUT2D eigenvalue weighted by atomic mass is 10.0. The smallest absolute Gasteiger partial charge is 0.323 e. The average molecular weight is 624 g/mol. The quantitative estimate of drug-likeness (QED) is 0.403. The van der Waals surface area contributed by atoms with E-state index in [0.29, 0.717) is 42.5 Å². The zero-order chi connectivity index (χ0) is 30.7. The molecule has 2 aliphatic rings. The summed E-state index contributed by atoms with van der Waals surface area (Å²) in [5.41, 5.74) is 2.57. The molecule has 1 saturated heterocycles. The number of amides is 4. The predicted molar refractivity (Wildman–Crippen MR) is 167 cm³/mol. The Morgan fingerprint density at radius 3 is 2.28 bits per heavy atom. The van der Waals surface area contributed by atoms with Crippen LogP contribution >= 0.6 is 11.3 Å². The molecule has 3 heterocycles. The van der Waals surface area contributed by atoms with E-state index in [0.717, 1.165) is 36.4 Å². The number of nitrogens with zero attached hydrogens (tertiary/aromatic N) is 3. The zero-order valence-corrected chi connectivity index (χ0v) is 26.3. The largest absolute Gasteiger partial charge is 0.331 e. The summed E-state index contributed by atoms with van der Waals surface area (Å²) in [6.45, 7) is 5.18. The second-order valence-electron chi connectivity index (χ2n) is 11.4. The lowest BCUT2D eigenvalue weighted by Gasteiger charge is -2.29. The summed E-state index contributed by atoms with van der Waals surface area (Å²) in [4.78, 5) is 43.7. The Balaban J connectivity index is 1.36. The number of fused-ring (bicyclic) bond motifs is 1. The Labute approximate surface area is 256 Å². The molecular formula is C31H37N5O5S2. The minimum Gasteiger partial charge on any atom is -0.331 e. The molecule has 12 heteroatoms. The molecule has 3 aromatic rings. The van der Waals surface area contributed by atoms with Gasteiger partial charge < -0.3 is 10.2 Å². The van der Waals surface area contributed by atoms with Crippen LogP contribution < -0.4 is 10.6 Å². The molecule has 0 unspecified atom stereocenters. The van der Waals surface area contributed by atoms with Gasteiger partial charge in [0.05, 0.1) is 10.5 Å². The number of carbonyl (C=O) groups excluding carboxylic acids is 3. The molecule has 0 bridgehead atoms. The van der Waals surface area contributed by atoms with Gasteiger partial charge in [0.25, 0.3) is 11.8 Å². The Bertz CT molecular complexity index is 1600. The van der Waals surface area contributed by atoms with Crippen LogP contribution in [0, 0.1) is 5.92 Å². The summed E-state index contributed by atoms with van der Waals surface area (Å²) in [7, 11) is -0.549. The van der Waals surface area contributed by atoms with Gasteiger partial charge in [-0.2, -0.15) is 4.31 Å². The minimum atomic E-state index is -3.64. The number of thiophene rings is 1. The van der Waals surface area contributed by atoms with Gasteiger partial charge in [-0.3, -0.25) is 19.8 Å².